The van der Waals surface area contributed by atoms with E-state index in [0.29, 0.717) is 0 Å². The fraction of sp³-hybridized carbons (Fsp3) is 0.300. The Labute approximate surface area is 86.7 Å². The van der Waals surface area contributed by atoms with E-state index in [4.69, 9.17) is 5.11 Å². The molecule has 74 valence electrons. The second kappa shape index (κ2) is 3.55. The molecule has 0 aromatic carbocycles. The fourth-order valence-electron chi connectivity index (χ4n) is 1.52. The zero-order chi connectivity index (χ0) is 10.1. The van der Waals surface area contributed by atoms with Crippen LogP contribution >= 0.6 is 11.3 Å². The van der Waals surface area contributed by atoms with E-state index >= 15 is 0 Å². The minimum absolute atomic E-state index is 0.0424. The Hall–Kier alpha value is -1.13. The first-order valence-electron chi connectivity index (χ1n) is 4.41. The van der Waals surface area contributed by atoms with E-state index < -0.39 is 0 Å². The summed E-state index contributed by atoms with van der Waals surface area (Å²) in [5.41, 5.74) is 1.78. The quantitative estimate of drug-likeness (QED) is 0.819. The predicted octanol–water partition coefficient (Wildman–Crippen LogP) is 1.95. The molecule has 0 aliphatic rings. The SMILES string of the molecule is Cc1nc(-c2cccs2)n(C)c1CO. The summed E-state index contributed by atoms with van der Waals surface area (Å²) in [6.07, 6.45) is 0. The Morgan fingerprint density at radius 3 is 2.86 bits per heavy atom. The van der Waals surface area contributed by atoms with Crippen molar-refractivity contribution in [2.75, 3.05) is 0 Å². The Kier molecular flexibility index (Phi) is 2.39. The molecule has 0 spiro atoms. The number of aliphatic hydroxyl groups is 1. The van der Waals surface area contributed by atoms with Crippen molar-refractivity contribution in [1.29, 1.82) is 0 Å². The molecule has 0 fully saturated rings. The van der Waals surface area contributed by atoms with Gasteiger partial charge in [0.05, 0.1) is 22.9 Å². The molecule has 4 heteroatoms. The van der Waals surface area contributed by atoms with Gasteiger partial charge in [0.25, 0.3) is 0 Å². The van der Waals surface area contributed by atoms with E-state index in [0.717, 1.165) is 22.1 Å². The van der Waals surface area contributed by atoms with Gasteiger partial charge in [-0.25, -0.2) is 4.98 Å². The van der Waals surface area contributed by atoms with Crippen LogP contribution in [0.25, 0.3) is 10.7 Å². The third-order valence-corrected chi connectivity index (χ3v) is 3.17. The molecular weight excluding hydrogens is 196 g/mol. The summed E-state index contributed by atoms with van der Waals surface area (Å²) in [5.74, 6) is 0.932. The maximum absolute atomic E-state index is 9.15. The topological polar surface area (TPSA) is 38.0 Å². The number of aromatic nitrogens is 2. The predicted molar refractivity (Wildman–Crippen MR) is 57.2 cm³/mol. The average Bonchev–Trinajstić information content (AvgIpc) is 2.74. The lowest BCUT2D eigenvalue weighted by atomic mass is 10.4. The molecule has 0 bridgehead atoms. The van der Waals surface area contributed by atoms with Crippen LogP contribution in [0.4, 0.5) is 0 Å². The summed E-state index contributed by atoms with van der Waals surface area (Å²) in [5, 5.41) is 11.2. The lowest BCUT2D eigenvalue weighted by molar-refractivity contribution is 0.272. The molecule has 0 saturated heterocycles. The molecule has 3 nitrogen and oxygen atoms in total. The second-order valence-corrected chi connectivity index (χ2v) is 4.11. The molecule has 0 amide bonds. The van der Waals surface area contributed by atoms with Crippen LogP contribution in [0.15, 0.2) is 17.5 Å². The van der Waals surface area contributed by atoms with E-state index in [9.17, 15) is 0 Å². The maximum Gasteiger partial charge on any atom is 0.150 e. The molecule has 0 unspecified atom stereocenters. The number of hydrogen-bond donors (Lipinski definition) is 1. The van der Waals surface area contributed by atoms with Crippen LogP contribution in [0.5, 0.6) is 0 Å². The van der Waals surface area contributed by atoms with Gasteiger partial charge in [0.1, 0.15) is 5.82 Å². The summed E-state index contributed by atoms with van der Waals surface area (Å²) in [4.78, 5) is 5.57. The summed E-state index contributed by atoms with van der Waals surface area (Å²) in [6, 6.07) is 4.04. The van der Waals surface area contributed by atoms with Crippen molar-refractivity contribution in [3.05, 3.63) is 28.9 Å². The van der Waals surface area contributed by atoms with Gasteiger partial charge in [0.15, 0.2) is 0 Å². The number of imidazole rings is 1. The van der Waals surface area contributed by atoms with Crippen molar-refractivity contribution in [2.45, 2.75) is 13.5 Å². The van der Waals surface area contributed by atoms with Crippen molar-refractivity contribution in [3.8, 4) is 10.7 Å². The minimum Gasteiger partial charge on any atom is -0.390 e. The van der Waals surface area contributed by atoms with Crippen LogP contribution in [0, 0.1) is 6.92 Å². The summed E-state index contributed by atoms with van der Waals surface area (Å²) < 4.78 is 1.95. The van der Waals surface area contributed by atoms with Gasteiger partial charge in [-0.1, -0.05) is 6.07 Å². The first-order valence-corrected chi connectivity index (χ1v) is 5.29. The Morgan fingerprint density at radius 1 is 1.57 bits per heavy atom. The number of rotatable bonds is 2. The highest BCUT2D eigenvalue weighted by Gasteiger charge is 2.12. The highest BCUT2D eigenvalue weighted by molar-refractivity contribution is 7.13. The normalized spacial score (nSPS) is 10.8. The lowest BCUT2D eigenvalue weighted by Crippen LogP contribution is -1.98. The molecule has 0 radical (unpaired) electrons. The lowest BCUT2D eigenvalue weighted by Gasteiger charge is -2.01. The van der Waals surface area contributed by atoms with Crippen LogP contribution in [0.3, 0.4) is 0 Å². The Morgan fingerprint density at radius 2 is 2.36 bits per heavy atom. The summed E-state index contributed by atoms with van der Waals surface area (Å²) in [7, 11) is 1.93. The van der Waals surface area contributed by atoms with Crippen LogP contribution in [0.1, 0.15) is 11.4 Å². The smallest absolute Gasteiger partial charge is 0.150 e. The average molecular weight is 208 g/mol. The monoisotopic (exact) mass is 208 g/mol. The van der Waals surface area contributed by atoms with Crippen LogP contribution in [-0.2, 0) is 13.7 Å². The molecule has 0 aliphatic heterocycles. The standard InChI is InChI=1S/C10H12N2OS/c1-7-8(6-13)12(2)10(11-7)9-4-3-5-14-9/h3-5,13H,6H2,1-2H3. The third-order valence-electron chi connectivity index (χ3n) is 2.31. The van der Waals surface area contributed by atoms with Gasteiger partial charge in [-0.05, 0) is 18.4 Å². The fourth-order valence-corrected chi connectivity index (χ4v) is 2.26. The van der Waals surface area contributed by atoms with Crippen molar-refractivity contribution in [1.82, 2.24) is 9.55 Å². The van der Waals surface area contributed by atoms with Crippen molar-refractivity contribution in [3.63, 3.8) is 0 Å². The molecular formula is C10H12N2OS. The van der Waals surface area contributed by atoms with Crippen molar-refractivity contribution >= 4 is 11.3 Å². The van der Waals surface area contributed by atoms with E-state index in [2.05, 4.69) is 4.98 Å². The summed E-state index contributed by atoms with van der Waals surface area (Å²) in [6.45, 7) is 1.96. The van der Waals surface area contributed by atoms with Gasteiger partial charge >= 0.3 is 0 Å². The Balaban J connectivity index is 2.55. The number of thiophene rings is 1. The molecule has 0 saturated carbocycles. The van der Waals surface area contributed by atoms with Gasteiger partial charge in [-0.2, -0.15) is 0 Å². The Bertz CT molecular complexity index is 431. The zero-order valence-corrected chi connectivity index (χ0v) is 9.01. The number of aryl methyl sites for hydroxylation is 1. The molecule has 0 aliphatic carbocycles. The number of nitrogens with zero attached hydrogens (tertiary/aromatic N) is 2. The van der Waals surface area contributed by atoms with Gasteiger partial charge in [-0.15, -0.1) is 11.3 Å². The highest BCUT2D eigenvalue weighted by atomic mass is 32.1. The molecule has 2 aromatic rings. The first kappa shape index (κ1) is 9.43. The van der Waals surface area contributed by atoms with Gasteiger partial charge in [-0.3, -0.25) is 0 Å². The van der Waals surface area contributed by atoms with E-state index in [1.807, 2.05) is 36.1 Å². The van der Waals surface area contributed by atoms with E-state index in [1.165, 1.54) is 0 Å². The number of aliphatic hydroxyl groups excluding tert-OH is 1. The minimum atomic E-state index is 0.0424. The highest BCUT2D eigenvalue weighted by Crippen LogP contribution is 2.25. The number of hydrogen-bond acceptors (Lipinski definition) is 3. The molecule has 2 rings (SSSR count). The van der Waals surface area contributed by atoms with E-state index in [1.54, 1.807) is 11.3 Å². The van der Waals surface area contributed by atoms with Gasteiger partial charge in [0.2, 0.25) is 0 Å². The van der Waals surface area contributed by atoms with Gasteiger partial charge < -0.3 is 9.67 Å². The third kappa shape index (κ3) is 1.36. The maximum atomic E-state index is 9.15. The second-order valence-electron chi connectivity index (χ2n) is 3.16. The molecule has 1 N–H and O–H groups in total. The van der Waals surface area contributed by atoms with Crippen LogP contribution < -0.4 is 0 Å². The molecule has 0 atom stereocenters. The van der Waals surface area contributed by atoms with Crippen molar-refractivity contribution in [2.24, 2.45) is 7.05 Å². The van der Waals surface area contributed by atoms with E-state index in [-0.39, 0.29) is 6.61 Å². The van der Waals surface area contributed by atoms with Crippen molar-refractivity contribution < 1.29 is 5.11 Å². The largest absolute Gasteiger partial charge is 0.390 e. The first-order chi connectivity index (χ1) is 6.74. The van der Waals surface area contributed by atoms with Gasteiger partial charge in [0, 0.05) is 7.05 Å². The van der Waals surface area contributed by atoms with Crippen LogP contribution in [0.2, 0.25) is 0 Å². The zero-order valence-electron chi connectivity index (χ0n) is 8.19. The molecule has 2 heterocycles. The summed E-state index contributed by atoms with van der Waals surface area (Å²) >= 11 is 1.66. The molecule has 14 heavy (non-hydrogen) atoms. The van der Waals surface area contributed by atoms with Crippen LogP contribution in [-0.4, -0.2) is 14.7 Å². The molecule has 2 aromatic heterocycles.